The van der Waals surface area contributed by atoms with Gasteiger partial charge in [-0.2, -0.15) is 0 Å². The number of pyridine rings is 2. The van der Waals surface area contributed by atoms with Crippen LogP contribution in [0.15, 0.2) is 35.5 Å². The Kier molecular flexibility index (Phi) is 4.22. The molecule has 0 aromatic carbocycles. The first-order chi connectivity index (χ1) is 9.49. The molecule has 0 aliphatic carbocycles. The summed E-state index contributed by atoms with van der Waals surface area (Å²) in [5, 5.41) is 0.227. The second kappa shape index (κ2) is 5.74. The molecular formula is C12H12ClN3O3S. The number of hydrogen-bond acceptors (Lipinski definition) is 5. The summed E-state index contributed by atoms with van der Waals surface area (Å²) in [6.45, 7) is 0. The minimum absolute atomic E-state index is 0.0289. The molecule has 0 radical (unpaired) electrons. The molecule has 0 unspecified atom stereocenters. The van der Waals surface area contributed by atoms with Crippen molar-refractivity contribution in [3.05, 3.63) is 35.6 Å². The van der Waals surface area contributed by atoms with Crippen molar-refractivity contribution in [2.75, 3.05) is 14.2 Å². The summed E-state index contributed by atoms with van der Waals surface area (Å²) in [7, 11) is -0.932. The van der Waals surface area contributed by atoms with Crippen molar-refractivity contribution in [1.82, 2.24) is 14.7 Å². The zero-order valence-electron chi connectivity index (χ0n) is 10.8. The number of nitrogens with one attached hydrogen (secondary N) is 1. The average Bonchev–Trinajstić information content (AvgIpc) is 2.47. The molecule has 106 valence electrons. The molecule has 2 aromatic rings. The molecule has 0 amide bonds. The lowest BCUT2D eigenvalue weighted by Gasteiger charge is -2.11. The standard InChI is InChI=1S/C12H12ClN3O3S/c1-14-20(17,18)10-6-8(13)7-16-11(10)9-4-3-5-15-12(9)19-2/h3-7,14H,1-2H3. The molecule has 0 saturated heterocycles. The van der Waals surface area contributed by atoms with Crippen LogP contribution in [0.3, 0.4) is 0 Å². The van der Waals surface area contributed by atoms with Crippen molar-refractivity contribution < 1.29 is 13.2 Å². The van der Waals surface area contributed by atoms with E-state index in [1.165, 1.54) is 26.4 Å². The van der Waals surface area contributed by atoms with E-state index in [1.807, 2.05) is 0 Å². The first-order valence-corrected chi connectivity index (χ1v) is 7.44. The molecule has 0 aliphatic rings. The fourth-order valence-corrected chi connectivity index (χ4v) is 2.81. The molecule has 0 spiro atoms. The number of halogens is 1. The quantitative estimate of drug-likeness (QED) is 0.929. The van der Waals surface area contributed by atoms with E-state index in [0.717, 1.165) is 0 Å². The van der Waals surface area contributed by atoms with Gasteiger partial charge in [-0.15, -0.1) is 0 Å². The van der Waals surface area contributed by atoms with Gasteiger partial charge in [0.15, 0.2) is 0 Å². The zero-order valence-corrected chi connectivity index (χ0v) is 12.4. The van der Waals surface area contributed by atoms with E-state index in [1.54, 1.807) is 18.3 Å². The normalized spacial score (nSPS) is 11.3. The van der Waals surface area contributed by atoms with E-state index in [4.69, 9.17) is 16.3 Å². The minimum Gasteiger partial charge on any atom is -0.481 e. The van der Waals surface area contributed by atoms with E-state index < -0.39 is 10.0 Å². The van der Waals surface area contributed by atoms with Gasteiger partial charge in [-0.1, -0.05) is 11.6 Å². The van der Waals surface area contributed by atoms with Gasteiger partial charge in [0, 0.05) is 12.4 Å². The lowest BCUT2D eigenvalue weighted by atomic mass is 10.2. The third-order valence-corrected chi connectivity index (χ3v) is 4.23. The number of rotatable bonds is 4. The number of aromatic nitrogens is 2. The summed E-state index contributed by atoms with van der Waals surface area (Å²) in [5.41, 5.74) is 0.703. The molecule has 0 bridgehead atoms. The Bertz CT molecular complexity index is 734. The summed E-state index contributed by atoms with van der Waals surface area (Å²) in [6.07, 6.45) is 2.92. The highest BCUT2D eigenvalue weighted by Gasteiger charge is 2.22. The molecule has 2 aromatic heterocycles. The molecule has 0 fully saturated rings. The lowest BCUT2D eigenvalue weighted by molar-refractivity contribution is 0.399. The Morgan fingerprint density at radius 2 is 2.10 bits per heavy atom. The highest BCUT2D eigenvalue weighted by atomic mass is 35.5. The monoisotopic (exact) mass is 313 g/mol. The predicted octanol–water partition coefficient (Wildman–Crippen LogP) is 1.71. The van der Waals surface area contributed by atoms with Gasteiger partial charge in [-0.3, -0.25) is 4.98 Å². The van der Waals surface area contributed by atoms with Crippen LogP contribution in [0.5, 0.6) is 5.88 Å². The molecule has 20 heavy (non-hydrogen) atoms. The van der Waals surface area contributed by atoms with E-state index >= 15 is 0 Å². The molecular weight excluding hydrogens is 302 g/mol. The molecule has 2 heterocycles. The van der Waals surface area contributed by atoms with Crippen LogP contribution >= 0.6 is 11.6 Å². The number of sulfonamides is 1. The smallest absolute Gasteiger partial charge is 0.242 e. The molecule has 0 saturated carbocycles. The van der Waals surface area contributed by atoms with Crippen LogP contribution in [0.4, 0.5) is 0 Å². The average molecular weight is 314 g/mol. The summed E-state index contributed by atoms with van der Waals surface area (Å²) in [4.78, 5) is 8.11. The Morgan fingerprint density at radius 1 is 1.35 bits per heavy atom. The van der Waals surface area contributed by atoms with Gasteiger partial charge in [0.05, 0.1) is 23.4 Å². The van der Waals surface area contributed by atoms with Crippen molar-refractivity contribution in [2.24, 2.45) is 0 Å². The van der Waals surface area contributed by atoms with Gasteiger partial charge >= 0.3 is 0 Å². The fraction of sp³-hybridized carbons (Fsp3) is 0.167. The highest BCUT2D eigenvalue weighted by molar-refractivity contribution is 7.89. The fourth-order valence-electron chi connectivity index (χ4n) is 1.67. The largest absolute Gasteiger partial charge is 0.481 e. The third kappa shape index (κ3) is 2.74. The van der Waals surface area contributed by atoms with Crippen LogP contribution in [-0.2, 0) is 10.0 Å². The van der Waals surface area contributed by atoms with Crippen molar-refractivity contribution in [1.29, 1.82) is 0 Å². The minimum atomic E-state index is -3.70. The van der Waals surface area contributed by atoms with Crippen LogP contribution in [0.25, 0.3) is 11.3 Å². The van der Waals surface area contributed by atoms with Crippen molar-refractivity contribution >= 4 is 21.6 Å². The Morgan fingerprint density at radius 3 is 2.75 bits per heavy atom. The Hall–Kier alpha value is -1.70. The summed E-state index contributed by atoms with van der Waals surface area (Å²) in [6, 6.07) is 4.68. The first kappa shape index (κ1) is 14.7. The van der Waals surface area contributed by atoms with Crippen LogP contribution in [-0.4, -0.2) is 32.5 Å². The maximum atomic E-state index is 12.1. The summed E-state index contributed by atoms with van der Waals surface area (Å²) in [5.74, 6) is 0.287. The predicted molar refractivity (Wildman–Crippen MR) is 75.3 cm³/mol. The van der Waals surface area contributed by atoms with Gasteiger partial charge in [-0.25, -0.2) is 18.1 Å². The van der Waals surface area contributed by atoms with Crippen LogP contribution in [0.1, 0.15) is 0 Å². The van der Waals surface area contributed by atoms with Crippen LogP contribution in [0, 0.1) is 0 Å². The van der Waals surface area contributed by atoms with E-state index in [0.29, 0.717) is 5.56 Å². The van der Waals surface area contributed by atoms with E-state index in [9.17, 15) is 8.42 Å². The second-order valence-corrected chi connectivity index (χ2v) is 6.06. The maximum Gasteiger partial charge on any atom is 0.242 e. The number of nitrogens with zero attached hydrogens (tertiary/aromatic N) is 2. The number of ether oxygens (including phenoxy) is 1. The molecule has 0 aliphatic heterocycles. The Labute approximate surface area is 121 Å². The molecule has 2 rings (SSSR count). The highest BCUT2D eigenvalue weighted by Crippen LogP contribution is 2.32. The van der Waals surface area contributed by atoms with Gasteiger partial charge in [-0.05, 0) is 25.2 Å². The van der Waals surface area contributed by atoms with Gasteiger partial charge in [0.1, 0.15) is 4.90 Å². The number of hydrogen-bond donors (Lipinski definition) is 1. The SMILES string of the molecule is CNS(=O)(=O)c1cc(Cl)cnc1-c1cccnc1OC. The van der Waals surface area contributed by atoms with E-state index in [2.05, 4.69) is 14.7 Å². The van der Waals surface area contributed by atoms with E-state index in [-0.39, 0.29) is 21.5 Å². The Balaban J connectivity index is 2.75. The van der Waals surface area contributed by atoms with Crippen molar-refractivity contribution in [3.8, 4) is 17.1 Å². The third-order valence-electron chi connectivity index (χ3n) is 2.60. The zero-order chi connectivity index (χ0) is 14.8. The summed E-state index contributed by atoms with van der Waals surface area (Å²) >= 11 is 5.84. The van der Waals surface area contributed by atoms with Crippen molar-refractivity contribution in [2.45, 2.75) is 4.90 Å². The molecule has 0 atom stereocenters. The van der Waals surface area contributed by atoms with Crippen molar-refractivity contribution in [3.63, 3.8) is 0 Å². The maximum absolute atomic E-state index is 12.1. The van der Waals surface area contributed by atoms with Gasteiger partial charge in [0.25, 0.3) is 0 Å². The van der Waals surface area contributed by atoms with Crippen LogP contribution in [0.2, 0.25) is 5.02 Å². The summed E-state index contributed by atoms with van der Waals surface area (Å²) < 4.78 is 31.5. The first-order valence-electron chi connectivity index (χ1n) is 5.58. The van der Waals surface area contributed by atoms with Crippen LogP contribution < -0.4 is 9.46 Å². The van der Waals surface area contributed by atoms with Gasteiger partial charge in [0.2, 0.25) is 15.9 Å². The molecule has 8 heteroatoms. The number of methoxy groups -OCH3 is 1. The lowest BCUT2D eigenvalue weighted by Crippen LogP contribution is -2.20. The molecule has 1 N–H and O–H groups in total. The second-order valence-electron chi connectivity index (χ2n) is 3.77. The van der Waals surface area contributed by atoms with Gasteiger partial charge < -0.3 is 4.74 Å². The topological polar surface area (TPSA) is 81.2 Å². The molecule has 6 nitrogen and oxygen atoms in total.